The van der Waals surface area contributed by atoms with E-state index in [1.54, 1.807) is 24.3 Å². The fourth-order valence-electron chi connectivity index (χ4n) is 4.93. The summed E-state index contributed by atoms with van der Waals surface area (Å²) < 4.78 is 5.78. The molecule has 2 saturated carbocycles. The molecule has 0 aromatic heterocycles. The molecule has 2 aromatic carbocycles. The van der Waals surface area contributed by atoms with Gasteiger partial charge in [-0.15, -0.1) is 0 Å². The van der Waals surface area contributed by atoms with E-state index < -0.39 is 11.5 Å². The van der Waals surface area contributed by atoms with Crippen LogP contribution in [0.3, 0.4) is 0 Å². The second kappa shape index (κ2) is 8.71. The molecule has 1 spiro atoms. The number of ether oxygens (including phenoxy) is 1. The van der Waals surface area contributed by atoms with Gasteiger partial charge in [0.1, 0.15) is 12.4 Å². The molecular weight excluding hydrogens is 392 g/mol. The van der Waals surface area contributed by atoms with Crippen LogP contribution in [0.5, 0.6) is 5.75 Å². The third kappa shape index (κ3) is 4.59. The molecule has 2 aliphatic carbocycles. The topological polar surface area (TPSA) is 87.7 Å². The summed E-state index contributed by atoms with van der Waals surface area (Å²) in [5.41, 5.74) is 0.899. The number of hydrogen-bond acceptors (Lipinski definition) is 4. The van der Waals surface area contributed by atoms with Crippen LogP contribution in [-0.2, 0) is 4.79 Å². The van der Waals surface area contributed by atoms with Gasteiger partial charge in [-0.2, -0.15) is 0 Å². The van der Waals surface area contributed by atoms with E-state index >= 15 is 0 Å². The Balaban J connectivity index is 1.36. The number of carbonyl (C=O) groups excluding carboxylic acids is 1. The van der Waals surface area contributed by atoms with Gasteiger partial charge in [-0.1, -0.05) is 36.8 Å². The lowest BCUT2D eigenvalue weighted by molar-refractivity contribution is -0.145. The maximum atomic E-state index is 13.3. The first-order valence-electron chi connectivity index (χ1n) is 11.0. The zero-order valence-corrected chi connectivity index (χ0v) is 17.9. The van der Waals surface area contributed by atoms with E-state index in [1.165, 1.54) is 19.3 Å². The average molecular weight is 423 g/mol. The Labute approximate surface area is 183 Å². The van der Waals surface area contributed by atoms with Gasteiger partial charge in [-0.3, -0.25) is 10.1 Å². The van der Waals surface area contributed by atoms with Gasteiger partial charge in [0.25, 0.3) is 0 Å². The summed E-state index contributed by atoms with van der Waals surface area (Å²) in [7, 11) is 0. The second-order valence-corrected chi connectivity index (χ2v) is 9.00. The first-order chi connectivity index (χ1) is 14.9. The largest absolute Gasteiger partial charge is 0.492 e. The van der Waals surface area contributed by atoms with Crippen molar-refractivity contribution in [3.8, 4) is 5.75 Å². The first-order valence-corrected chi connectivity index (χ1v) is 11.0. The molecule has 0 radical (unpaired) electrons. The SMILES string of the molecule is C[C@H](NC(=O)C1(NCCOc2ccccc2)CC2(CCC2)C1)c1ccc(C(=O)O)cc1. The molecule has 0 heterocycles. The normalized spacial score (nSPS) is 19.0. The van der Waals surface area contributed by atoms with Crippen LogP contribution in [0.1, 0.15) is 61.0 Å². The van der Waals surface area contributed by atoms with Crippen LogP contribution in [0.4, 0.5) is 0 Å². The van der Waals surface area contributed by atoms with E-state index in [2.05, 4.69) is 10.6 Å². The molecule has 2 aromatic rings. The van der Waals surface area contributed by atoms with Crippen molar-refractivity contribution in [1.29, 1.82) is 0 Å². The molecule has 2 aliphatic rings. The van der Waals surface area contributed by atoms with Crippen molar-refractivity contribution in [1.82, 2.24) is 10.6 Å². The number of benzene rings is 2. The molecule has 0 unspecified atom stereocenters. The molecule has 0 bridgehead atoms. The summed E-state index contributed by atoms with van der Waals surface area (Å²) in [4.78, 5) is 24.3. The molecule has 0 aliphatic heterocycles. The summed E-state index contributed by atoms with van der Waals surface area (Å²) in [6.45, 7) is 3.02. The third-order valence-electron chi connectivity index (χ3n) is 6.79. The Morgan fingerprint density at radius 3 is 2.32 bits per heavy atom. The molecule has 1 amide bonds. The van der Waals surface area contributed by atoms with E-state index in [4.69, 9.17) is 9.84 Å². The molecule has 6 heteroatoms. The highest BCUT2D eigenvalue weighted by Crippen LogP contribution is 2.60. The number of para-hydroxylation sites is 1. The summed E-state index contributed by atoms with van der Waals surface area (Å²) in [6.07, 6.45) is 5.39. The van der Waals surface area contributed by atoms with Crippen molar-refractivity contribution in [2.45, 2.75) is 50.6 Å². The Bertz CT molecular complexity index is 914. The standard InChI is InChI=1S/C25H30N2O4/c1-18(19-8-10-20(11-9-19)22(28)29)27-23(30)25(16-24(17-25)12-5-13-24)26-14-15-31-21-6-3-2-4-7-21/h2-4,6-11,18,26H,5,12-17H2,1H3,(H,27,30)(H,28,29)/t18-/m0/s1. The maximum absolute atomic E-state index is 13.3. The van der Waals surface area contributed by atoms with Gasteiger partial charge in [0.2, 0.25) is 5.91 Å². The molecule has 1 atom stereocenters. The number of amides is 1. The summed E-state index contributed by atoms with van der Waals surface area (Å²) in [5, 5.41) is 15.7. The number of carboxylic acid groups (broad SMARTS) is 1. The summed E-state index contributed by atoms with van der Waals surface area (Å²) in [5.74, 6) is -0.116. The van der Waals surface area contributed by atoms with E-state index in [0.29, 0.717) is 18.6 Å². The molecule has 4 rings (SSSR count). The minimum absolute atomic E-state index is 0.0135. The van der Waals surface area contributed by atoms with Gasteiger partial charge < -0.3 is 15.2 Å². The lowest BCUT2D eigenvalue weighted by Crippen LogP contribution is -2.69. The fourth-order valence-corrected chi connectivity index (χ4v) is 4.93. The first kappa shape index (κ1) is 21.4. The van der Waals surface area contributed by atoms with Crippen molar-refractivity contribution in [3.63, 3.8) is 0 Å². The molecule has 3 N–H and O–H groups in total. The predicted molar refractivity (Wildman–Crippen MR) is 118 cm³/mol. The number of aromatic carboxylic acids is 1. The average Bonchev–Trinajstić information content (AvgIpc) is 2.72. The quantitative estimate of drug-likeness (QED) is 0.533. The van der Waals surface area contributed by atoms with Gasteiger partial charge in [0.15, 0.2) is 0 Å². The molecule has 0 saturated heterocycles. The Hall–Kier alpha value is -2.86. The zero-order chi connectivity index (χ0) is 21.9. The number of rotatable bonds is 9. The molecule has 164 valence electrons. The summed E-state index contributed by atoms with van der Waals surface area (Å²) >= 11 is 0. The van der Waals surface area contributed by atoms with Gasteiger partial charge in [0.05, 0.1) is 17.1 Å². The van der Waals surface area contributed by atoms with Crippen molar-refractivity contribution in [2.24, 2.45) is 5.41 Å². The van der Waals surface area contributed by atoms with Crippen LogP contribution < -0.4 is 15.4 Å². The highest BCUT2D eigenvalue weighted by atomic mass is 16.5. The monoisotopic (exact) mass is 422 g/mol. The molecular formula is C25H30N2O4. The van der Waals surface area contributed by atoms with E-state index in [9.17, 15) is 9.59 Å². The van der Waals surface area contributed by atoms with Crippen LogP contribution in [0.2, 0.25) is 0 Å². The van der Waals surface area contributed by atoms with Crippen molar-refractivity contribution < 1.29 is 19.4 Å². The third-order valence-corrected chi connectivity index (χ3v) is 6.79. The maximum Gasteiger partial charge on any atom is 0.335 e. The lowest BCUT2D eigenvalue weighted by Gasteiger charge is -2.60. The number of carboxylic acids is 1. The van der Waals surface area contributed by atoms with Crippen molar-refractivity contribution >= 4 is 11.9 Å². The highest BCUT2D eigenvalue weighted by Gasteiger charge is 2.60. The number of hydrogen-bond donors (Lipinski definition) is 3. The van der Waals surface area contributed by atoms with Crippen molar-refractivity contribution in [3.05, 3.63) is 65.7 Å². The van der Waals surface area contributed by atoms with Gasteiger partial charge in [0, 0.05) is 6.54 Å². The van der Waals surface area contributed by atoms with Crippen LogP contribution >= 0.6 is 0 Å². The lowest BCUT2D eigenvalue weighted by atomic mass is 9.48. The van der Waals surface area contributed by atoms with Gasteiger partial charge in [-0.25, -0.2) is 4.79 Å². The van der Waals surface area contributed by atoms with E-state index in [0.717, 1.165) is 24.2 Å². The molecule has 2 fully saturated rings. The highest BCUT2D eigenvalue weighted by molar-refractivity contribution is 5.89. The predicted octanol–water partition coefficient (Wildman–Crippen LogP) is 3.93. The van der Waals surface area contributed by atoms with Crippen LogP contribution in [-0.4, -0.2) is 35.7 Å². The number of carbonyl (C=O) groups is 2. The van der Waals surface area contributed by atoms with Gasteiger partial charge >= 0.3 is 5.97 Å². The van der Waals surface area contributed by atoms with Crippen molar-refractivity contribution in [2.75, 3.05) is 13.2 Å². The second-order valence-electron chi connectivity index (χ2n) is 9.00. The van der Waals surface area contributed by atoms with Crippen LogP contribution in [0.25, 0.3) is 0 Å². The van der Waals surface area contributed by atoms with Gasteiger partial charge in [-0.05, 0) is 67.9 Å². The smallest absolute Gasteiger partial charge is 0.335 e. The molecule has 31 heavy (non-hydrogen) atoms. The Kier molecular flexibility index (Phi) is 6.01. The van der Waals surface area contributed by atoms with Crippen LogP contribution in [0.15, 0.2) is 54.6 Å². The Morgan fingerprint density at radius 1 is 1.06 bits per heavy atom. The minimum Gasteiger partial charge on any atom is -0.492 e. The van der Waals surface area contributed by atoms with E-state index in [-0.39, 0.29) is 17.5 Å². The Morgan fingerprint density at radius 2 is 1.74 bits per heavy atom. The zero-order valence-electron chi connectivity index (χ0n) is 17.9. The molecule has 6 nitrogen and oxygen atoms in total. The van der Waals surface area contributed by atoms with E-state index in [1.807, 2.05) is 37.3 Å². The fraction of sp³-hybridized carbons (Fsp3) is 0.440. The van der Waals surface area contributed by atoms with Crippen LogP contribution in [0, 0.1) is 5.41 Å². The summed E-state index contributed by atoms with van der Waals surface area (Å²) in [6, 6.07) is 16.1. The minimum atomic E-state index is -0.954. The number of nitrogens with one attached hydrogen (secondary N) is 2.